The van der Waals surface area contributed by atoms with Gasteiger partial charge in [0, 0.05) is 12.1 Å². The fourth-order valence-electron chi connectivity index (χ4n) is 2.45. The van der Waals surface area contributed by atoms with Gasteiger partial charge in [-0.3, -0.25) is 10.1 Å². The van der Waals surface area contributed by atoms with Crippen molar-refractivity contribution in [1.29, 1.82) is 0 Å². The normalized spacial score (nSPS) is 23.9. The number of nitro groups is 1. The quantitative estimate of drug-likeness (QED) is 0.649. The third kappa shape index (κ3) is 2.61. The second-order valence-electron chi connectivity index (χ2n) is 4.60. The number of hydrogen-bond donors (Lipinski definition) is 1. The summed E-state index contributed by atoms with van der Waals surface area (Å²) in [7, 11) is 0. The lowest BCUT2D eigenvalue weighted by Gasteiger charge is -2.14. The number of halogens is 1. The van der Waals surface area contributed by atoms with E-state index in [1.165, 1.54) is 12.1 Å². The predicted molar refractivity (Wildman–Crippen MR) is 62.1 cm³/mol. The van der Waals surface area contributed by atoms with Crippen LogP contribution < -0.4 is 5.73 Å². The largest absolute Gasteiger partial charge is 0.327 e. The highest BCUT2D eigenvalue weighted by molar-refractivity contribution is 5.35. The van der Waals surface area contributed by atoms with E-state index in [1.807, 2.05) is 0 Å². The summed E-state index contributed by atoms with van der Waals surface area (Å²) in [5, 5.41) is 10.5. The maximum atomic E-state index is 13.4. The molecule has 92 valence electrons. The standard InChI is InChI=1S/C12H15FN2O2/c13-10-7-8(4-5-12(10)15(16)17)6-9-2-1-3-11(9)14/h4-5,7,9,11H,1-3,6,14H2. The molecule has 2 rings (SSSR count). The number of nitrogens with two attached hydrogens (primary N) is 1. The van der Waals surface area contributed by atoms with Crippen LogP contribution in [0.25, 0.3) is 0 Å². The van der Waals surface area contributed by atoms with Gasteiger partial charge in [0.2, 0.25) is 5.82 Å². The Labute approximate surface area is 98.8 Å². The minimum absolute atomic E-state index is 0.174. The Morgan fingerprint density at radius 2 is 2.24 bits per heavy atom. The van der Waals surface area contributed by atoms with Gasteiger partial charge in [-0.1, -0.05) is 12.5 Å². The van der Waals surface area contributed by atoms with Gasteiger partial charge < -0.3 is 5.73 Å². The minimum Gasteiger partial charge on any atom is -0.327 e. The maximum absolute atomic E-state index is 13.4. The SMILES string of the molecule is NC1CCCC1Cc1ccc([N+](=O)[O-])c(F)c1. The predicted octanol–water partition coefficient (Wildman–Crippen LogP) is 2.40. The maximum Gasteiger partial charge on any atom is 0.304 e. The van der Waals surface area contributed by atoms with Gasteiger partial charge in [0.15, 0.2) is 0 Å². The summed E-state index contributed by atoms with van der Waals surface area (Å²) >= 11 is 0. The molecule has 0 aliphatic heterocycles. The molecule has 4 nitrogen and oxygen atoms in total. The van der Waals surface area contributed by atoms with E-state index in [0.29, 0.717) is 12.3 Å². The molecule has 0 saturated heterocycles. The highest BCUT2D eigenvalue weighted by atomic mass is 19.1. The van der Waals surface area contributed by atoms with Crippen LogP contribution >= 0.6 is 0 Å². The molecular weight excluding hydrogens is 223 g/mol. The summed E-state index contributed by atoms with van der Waals surface area (Å²) in [6.07, 6.45) is 3.89. The van der Waals surface area contributed by atoms with E-state index in [2.05, 4.69) is 0 Å². The average molecular weight is 238 g/mol. The zero-order valence-corrected chi connectivity index (χ0v) is 9.43. The van der Waals surface area contributed by atoms with Crippen LogP contribution in [0.1, 0.15) is 24.8 Å². The molecule has 0 aromatic heterocycles. The Kier molecular flexibility index (Phi) is 3.38. The average Bonchev–Trinajstić information content (AvgIpc) is 2.64. The molecule has 0 amide bonds. The highest BCUT2D eigenvalue weighted by Gasteiger charge is 2.24. The van der Waals surface area contributed by atoms with Gasteiger partial charge in [0.1, 0.15) is 0 Å². The Hall–Kier alpha value is -1.49. The summed E-state index contributed by atoms with van der Waals surface area (Å²) in [4.78, 5) is 9.77. The van der Waals surface area contributed by atoms with E-state index in [-0.39, 0.29) is 6.04 Å². The number of rotatable bonds is 3. The topological polar surface area (TPSA) is 69.2 Å². The van der Waals surface area contributed by atoms with Crippen molar-refractivity contribution in [2.24, 2.45) is 11.7 Å². The van der Waals surface area contributed by atoms with Crippen molar-refractivity contribution in [3.63, 3.8) is 0 Å². The number of hydrogen-bond acceptors (Lipinski definition) is 3. The van der Waals surface area contributed by atoms with Crippen LogP contribution in [0.4, 0.5) is 10.1 Å². The number of benzene rings is 1. The molecule has 17 heavy (non-hydrogen) atoms. The van der Waals surface area contributed by atoms with Gasteiger partial charge in [-0.25, -0.2) is 0 Å². The molecule has 1 fully saturated rings. The lowest BCUT2D eigenvalue weighted by Crippen LogP contribution is -2.25. The van der Waals surface area contributed by atoms with E-state index in [1.54, 1.807) is 6.07 Å². The third-order valence-corrected chi connectivity index (χ3v) is 3.42. The fourth-order valence-corrected chi connectivity index (χ4v) is 2.45. The molecule has 2 atom stereocenters. The van der Waals surface area contributed by atoms with Gasteiger partial charge in [-0.2, -0.15) is 4.39 Å². The third-order valence-electron chi connectivity index (χ3n) is 3.42. The summed E-state index contributed by atoms with van der Waals surface area (Å²) in [5.74, 6) is -0.394. The Morgan fingerprint density at radius 3 is 2.76 bits per heavy atom. The van der Waals surface area contributed by atoms with Gasteiger partial charge in [-0.05, 0) is 36.8 Å². The van der Waals surface area contributed by atoms with Crippen molar-refractivity contribution in [3.05, 3.63) is 39.7 Å². The van der Waals surface area contributed by atoms with Crippen LogP contribution in [0.5, 0.6) is 0 Å². The minimum atomic E-state index is -0.765. The zero-order chi connectivity index (χ0) is 12.4. The molecule has 2 unspecified atom stereocenters. The van der Waals surface area contributed by atoms with Crippen LogP contribution in [0.3, 0.4) is 0 Å². The first-order chi connectivity index (χ1) is 8.08. The molecule has 0 bridgehead atoms. The molecule has 1 aliphatic rings. The van der Waals surface area contributed by atoms with Crippen LogP contribution in [-0.4, -0.2) is 11.0 Å². The molecular formula is C12H15FN2O2. The van der Waals surface area contributed by atoms with Crippen molar-refractivity contribution >= 4 is 5.69 Å². The second-order valence-corrected chi connectivity index (χ2v) is 4.60. The van der Waals surface area contributed by atoms with Crippen molar-refractivity contribution in [2.75, 3.05) is 0 Å². The molecule has 2 N–H and O–H groups in total. The lowest BCUT2D eigenvalue weighted by atomic mass is 9.95. The Morgan fingerprint density at radius 1 is 1.47 bits per heavy atom. The highest BCUT2D eigenvalue weighted by Crippen LogP contribution is 2.28. The molecule has 1 aliphatic carbocycles. The van der Waals surface area contributed by atoms with Gasteiger partial charge in [0.05, 0.1) is 4.92 Å². The van der Waals surface area contributed by atoms with E-state index in [9.17, 15) is 14.5 Å². The van der Waals surface area contributed by atoms with Gasteiger partial charge in [-0.15, -0.1) is 0 Å². The molecule has 1 saturated carbocycles. The molecule has 0 radical (unpaired) electrons. The van der Waals surface area contributed by atoms with E-state index < -0.39 is 16.4 Å². The van der Waals surface area contributed by atoms with Crippen molar-refractivity contribution < 1.29 is 9.31 Å². The van der Waals surface area contributed by atoms with Crippen molar-refractivity contribution in [1.82, 2.24) is 0 Å². The van der Waals surface area contributed by atoms with Gasteiger partial charge >= 0.3 is 5.69 Å². The zero-order valence-electron chi connectivity index (χ0n) is 9.43. The first-order valence-electron chi connectivity index (χ1n) is 5.76. The molecule has 0 spiro atoms. The monoisotopic (exact) mass is 238 g/mol. The van der Waals surface area contributed by atoms with Crippen LogP contribution in [0.15, 0.2) is 18.2 Å². The summed E-state index contributed by atoms with van der Waals surface area (Å²) < 4.78 is 13.4. The molecule has 5 heteroatoms. The fraction of sp³-hybridized carbons (Fsp3) is 0.500. The smallest absolute Gasteiger partial charge is 0.304 e. The van der Waals surface area contributed by atoms with E-state index in [4.69, 9.17) is 5.73 Å². The molecule has 1 aromatic carbocycles. The first-order valence-corrected chi connectivity index (χ1v) is 5.76. The molecule has 1 aromatic rings. The summed E-state index contributed by atoms with van der Waals surface area (Å²) in [5.41, 5.74) is 6.26. The van der Waals surface area contributed by atoms with Crippen molar-refractivity contribution in [3.8, 4) is 0 Å². The first kappa shape index (κ1) is 12.0. The Bertz CT molecular complexity index is 437. The van der Waals surface area contributed by atoms with E-state index in [0.717, 1.165) is 24.8 Å². The number of nitro benzene ring substituents is 1. The van der Waals surface area contributed by atoms with Gasteiger partial charge in [0.25, 0.3) is 0 Å². The number of nitrogens with zero attached hydrogens (tertiary/aromatic N) is 1. The molecule has 0 heterocycles. The summed E-state index contributed by atoms with van der Waals surface area (Å²) in [6, 6.07) is 4.27. The van der Waals surface area contributed by atoms with Crippen molar-refractivity contribution in [2.45, 2.75) is 31.7 Å². The summed E-state index contributed by atoms with van der Waals surface area (Å²) in [6.45, 7) is 0. The van der Waals surface area contributed by atoms with Crippen LogP contribution in [0, 0.1) is 21.8 Å². The van der Waals surface area contributed by atoms with Crippen LogP contribution in [0.2, 0.25) is 0 Å². The Balaban J connectivity index is 2.12. The van der Waals surface area contributed by atoms with Crippen LogP contribution in [-0.2, 0) is 6.42 Å². The lowest BCUT2D eigenvalue weighted by molar-refractivity contribution is -0.387. The second kappa shape index (κ2) is 4.79. The van der Waals surface area contributed by atoms with E-state index >= 15 is 0 Å².